The molecule has 2 nitrogen and oxygen atoms in total. The highest BCUT2D eigenvalue weighted by Crippen LogP contribution is 2.51. The van der Waals surface area contributed by atoms with E-state index in [0.29, 0.717) is 0 Å². The molecule has 0 saturated heterocycles. The first-order chi connectivity index (χ1) is 35.1. The van der Waals surface area contributed by atoms with Crippen molar-refractivity contribution in [3.05, 3.63) is 178 Å². The van der Waals surface area contributed by atoms with Gasteiger partial charge in [0.2, 0.25) is 0 Å². The summed E-state index contributed by atoms with van der Waals surface area (Å²) >= 11 is 0. The molecule has 0 bridgehead atoms. The van der Waals surface area contributed by atoms with E-state index in [1.54, 1.807) is 0 Å². The molecular weight excluding hydrogens is 917 g/mol. The molecule has 0 aliphatic carbocycles. The van der Waals surface area contributed by atoms with Gasteiger partial charge in [0.1, 0.15) is 0 Å². The molecule has 0 amide bonds. The zero-order chi connectivity index (χ0) is 55.2. The van der Waals surface area contributed by atoms with Crippen molar-refractivity contribution in [2.24, 2.45) is 0 Å². The summed E-state index contributed by atoms with van der Waals surface area (Å²) < 4.78 is 2.55. The molecule has 0 unspecified atom stereocenters. The number of benzene rings is 9. The Morgan fingerprint density at radius 3 is 1.16 bits per heavy atom. The van der Waals surface area contributed by atoms with Crippen molar-refractivity contribution in [1.82, 2.24) is 4.57 Å². The Balaban J connectivity index is 1.27. The molecule has 0 saturated carbocycles. The SMILES string of the molecule is CC(C)(C)c1ccc(N(c2cc(C(C)(C)C)c(-c3cc(C(C)(C)C)cc(C(C)(C)C)c3)c(C(C)(C)C)c2)c2ccc3ccc4c(-n5c6ccc(C(C)(C)C)cc6c6cc(C(C)(C)C)ccc65)ccc5ccc2c3c54)cc1. The van der Waals surface area contributed by atoms with E-state index >= 15 is 0 Å². The zero-order valence-corrected chi connectivity index (χ0v) is 50.2. The summed E-state index contributed by atoms with van der Waals surface area (Å²) in [5.41, 5.74) is 19.0. The maximum Gasteiger partial charge on any atom is 0.0541 e. The van der Waals surface area contributed by atoms with Crippen LogP contribution in [0.2, 0.25) is 0 Å². The van der Waals surface area contributed by atoms with Crippen LogP contribution in [0.1, 0.15) is 184 Å². The summed E-state index contributed by atoms with van der Waals surface area (Å²) in [6.45, 7) is 49.4. The lowest BCUT2D eigenvalue weighted by Gasteiger charge is -2.36. The number of rotatable bonds is 5. The van der Waals surface area contributed by atoms with Gasteiger partial charge in [0.15, 0.2) is 0 Å². The lowest BCUT2D eigenvalue weighted by molar-refractivity contribution is 0.566. The van der Waals surface area contributed by atoms with E-state index in [9.17, 15) is 0 Å². The average Bonchev–Trinajstić information content (AvgIpc) is 3.66. The summed E-state index contributed by atoms with van der Waals surface area (Å²) in [7, 11) is 0. The lowest BCUT2D eigenvalue weighted by atomic mass is 9.72. The van der Waals surface area contributed by atoms with Crippen LogP contribution in [0.4, 0.5) is 17.1 Å². The molecule has 1 aromatic heterocycles. The van der Waals surface area contributed by atoms with E-state index in [4.69, 9.17) is 0 Å². The van der Waals surface area contributed by atoms with Crippen molar-refractivity contribution in [2.45, 2.75) is 183 Å². The van der Waals surface area contributed by atoms with E-state index in [2.05, 4.69) is 294 Å². The molecule has 0 spiro atoms. The van der Waals surface area contributed by atoms with E-state index in [1.165, 1.54) is 121 Å². The number of nitrogens with zero attached hydrogens (tertiary/aromatic N) is 2. The topological polar surface area (TPSA) is 8.17 Å². The predicted octanol–water partition coefficient (Wildman–Crippen LogP) is 21.9. The molecule has 0 aliphatic rings. The number of aromatic nitrogens is 1. The summed E-state index contributed by atoms with van der Waals surface area (Å²) in [5, 5.41) is 10.2. The Morgan fingerprint density at radius 1 is 0.303 bits per heavy atom. The van der Waals surface area contributed by atoms with E-state index < -0.39 is 0 Å². The predicted molar refractivity (Wildman–Crippen MR) is 336 cm³/mol. The maximum absolute atomic E-state index is 2.58. The fourth-order valence-electron chi connectivity index (χ4n) is 11.8. The fraction of sp³-hybridized carbons (Fsp3) is 0.378. The molecule has 9 aromatic carbocycles. The molecular formula is C74H86N2. The van der Waals surface area contributed by atoms with Crippen molar-refractivity contribution >= 4 is 71.2 Å². The second-order valence-electron chi connectivity index (χ2n) is 29.7. The van der Waals surface area contributed by atoms with Gasteiger partial charge in [-0.05, 0) is 170 Å². The monoisotopic (exact) mass is 1000 g/mol. The van der Waals surface area contributed by atoms with Gasteiger partial charge in [-0.1, -0.05) is 224 Å². The van der Waals surface area contributed by atoms with Crippen LogP contribution in [0.3, 0.4) is 0 Å². The van der Waals surface area contributed by atoms with Crippen LogP contribution < -0.4 is 4.90 Å². The molecule has 0 aliphatic heterocycles. The van der Waals surface area contributed by atoms with Crippen molar-refractivity contribution in [3.63, 3.8) is 0 Å². The minimum atomic E-state index is -0.179. The van der Waals surface area contributed by atoms with Crippen LogP contribution in [0.15, 0.2) is 140 Å². The summed E-state index contributed by atoms with van der Waals surface area (Å²) in [5.74, 6) is 0. The normalized spacial score (nSPS) is 13.6. The Hall–Kier alpha value is -6.38. The second kappa shape index (κ2) is 17.6. The van der Waals surface area contributed by atoms with Crippen LogP contribution in [0.5, 0.6) is 0 Å². The molecule has 76 heavy (non-hydrogen) atoms. The molecule has 0 atom stereocenters. The average molecular weight is 1000 g/mol. The van der Waals surface area contributed by atoms with E-state index in [1.807, 2.05) is 0 Å². The smallest absolute Gasteiger partial charge is 0.0541 e. The van der Waals surface area contributed by atoms with Crippen LogP contribution in [0, 0.1) is 0 Å². The third-order valence-corrected chi connectivity index (χ3v) is 16.5. The van der Waals surface area contributed by atoms with E-state index in [-0.39, 0.29) is 37.9 Å². The number of hydrogen-bond acceptors (Lipinski definition) is 1. The van der Waals surface area contributed by atoms with Crippen molar-refractivity contribution < 1.29 is 0 Å². The second-order valence-corrected chi connectivity index (χ2v) is 29.7. The van der Waals surface area contributed by atoms with Gasteiger partial charge < -0.3 is 9.47 Å². The van der Waals surface area contributed by atoms with Crippen LogP contribution in [-0.4, -0.2) is 4.57 Å². The van der Waals surface area contributed by atoms with Gasteiger partial charge >= 0.3 is 0 Å². The van der Waals surface area contributed by atoms with Gasteiger partial charge in [0.05, 0.1) is 22.4 Å². The molecule has 1 heterocycles. The van der Waals surface area contributed by atoms with Gasteiger partial charge in [-0.15, -0.1) is 0 Å². The third kappa shape index (κ3) is 9.30. The fourth-order valence-corrected chi connectivity index (χ4v) is 11.8. The Labute approximate surface area is 456 Å². The Morgan fingerprint density at radius 2 is 0.711 bits per heavy atom. The van der Waals surface area contributed by atoms with Crippen LogP contribution in [0.25, 0.3) is 70.9 Å². The minimum Gasteiger partial charge on any atom is -0.310 e. The van der Waals surface area contributed by atoms with Crippen LogP contribution >= 0.6 is 0 Å². The highest BCUT2D eigenvalue weighted by atomic mass is 15.1. The highest BCUT2D eigenvalue weighted by Gasteiger charge is 2.32. The van der Waals surface area contributed by atoms with Crippen molar-refractivity contribution in [3.8, 4) is 16.8 Å². The first kappa shape index (κ1) is 53.0. The first-order valence-electron chi connectivity index (χ1n) is 28.2. The maximum atomic E-state index is 2.58. The molecule has 10 aromatic rings. The quantitative estimate of drug-likeness (QED) is 0.156. The Bertz CT molecular complexity index is 3740. The number of anilines is 3. The molecule has 392 valence electrons. The van der Waals surface area contributed by atoms with Crippen LogP contribution in [-0.2, 0) is 37.9 Å². The standard InChI is InChI=1S/C74H86N2/c1-68(2,3)48-26-30-53(31-27-48)75(54-43-59(73(16,17)18)67(60(44-54)74(19,20)21)47-38-51(71(10,11)12)40-52(39-47)72(13,14)15)61-34-24-45-23-33-56-62(35-25-46-22-32-55(61)65(45)66(46)56)76-63-36-28-49(69(4,5)6)41-57(63)58-42-50(70(7,8)9)29-37-64(58)76/h22-44H,1-21H3. The van der Waals surface area contributed by atoms with Gasteiger partial charge in [0.25, 0.3) is 0 Å². The Kier molecular flexibility index (Phi) is 12.3. The molecule has 0 fully saturated rings. The third-order valence-electron chi connectivity index (χ3n) is 16.5. The molecule has 10 rings (SSSR count). The lowest BCUT2D eigenvalue weighted by Crippen LogP contribution is -2.22. The first-order valence-corrected chi connectivity index (χ1v) is 28.2. The van der Waals surface area contributed by atoms with Gasteiger partial charge in [-0.3, -0.25) is 0 Å². The van der Waals surface area contributed by atoms with Gasteiger partial charge in [-0.25, -0.2) is 0 Å². The highest BCUT2D eigenvalue weighted by molar-refractivity contribution is 6.27. The van der Waals surface area contributed by atoms with Gasteiger partial charge in [-0.2, -0.15) is 0 Å². The van der Waals surface area contributed by atoms with E-state index in [0.717, 1.165) is 5.69 Å². The van der Waals surface area contributed by atoms with Crippen molar-refractivity contribution in [1.29, 1.82) is 0 Å². The number of hydrogen-bond donors (Lipinski definition) is 0. The summed E-state index contributed by atoms with van der Waals surface area (Å²) in [4.78, 5) is 2.58. The largest absolute Gasteiger partial charge is 0.310 e. The van der Waals surface area contributed by atoms with Gasteiger partial charge in [0, 0.05) is 32.9 Å². The summed E-state index contributed by atoms with van der Waals surface area (Å²) in [6, 6.07) is 55.3. The minimum absolute atomic E-state index is 0.0126. The number of fused-ring (bicyclic) bond motifs is 3. The zero-order valence-electron chi connectivity index (χ0n) is 50.2. The molecule has 0 radical (unpaired) electrons. The molecule has 0 N–H and O–H groups in total. The molecule has 2 heteroatoms. The summed E-state index contributed by atoms with van der Waals surface area (Å²) in [6.07, 6.45) is 0. The van der Waals surface area contributed by atoms with Crippen molar-refractivity contribution in [2.75, 3.05) is 4.90 Å².